The molecule has 3 nitrogen and oxygen atoms in total. The van der Waals surface area contributed by atoms with Crippen molar-refractivity contribution in [2.24, 2.45) is 5.84 Å². The number of nitrogens with two attached hydrogens (primary N) is 1. The average molecular weight is 286 g/mol. The molecule has 110 valence electrons. The van der Waals surface area contributed by atoms with E-state index in [9.17, 15) is 4.39 Å². The van der Waals surface area contributed by atoms with Gasteiger partial charge in [-0.2, -0.15) is 0 Å². The molecular weight excluding hydrogens is 267 g/mol. The van der Waals surface area contributed by atoms with E-state index >= 15 is 0 Å². The van der Waals surface area contributed by atoms with E-state index in [-0.39, 0.29) is 11.9 Å². The van der Waals surface area contributed by atoms with Crippen molar-refractivity contribution >= 4 is 0 Å². The molecule has 0 aliphatic heterocycles. The highest BCUT2D eigenvalue weighted by Crippen LogP contribution is 2.29. The first-order chi connectivity index (χ1) is 10.2. The molecule has 1 atom stereocenters. The number of halogens is 1. The van der Waals surface area contributed by atoms with Gasteiger partial charge >= 0.3 is 0 Å². The van der Waals surface area contributed by atoms with Crippen molar-refractivity contribution in [3.05, 3.63) is 65.0 Å². The van der Waals surface area contributed by atoms with Crippen LogP contribution in [0, 0.1) is 12.7 Å². The van der Waals surface area contributed by atoms with Gasteiger partial charge in [0.25, 0.3) is 0 Å². The summed E-state index contributed by atoms with van der Waals surface area (Å²) in [6, 6.07) is 12.7. The SMILES string of the molecule is Cc1cc(C(NN)c2ccc(OC3CC3)cc2)ccc1F. The molecule has 0 heterocycles. The zero-order chi connectivity index (χ0) is 14.8. The summed E-state index contributed by atoms with van der Waals surface area (Å²) in [5.41, 5.74) is 5.36. The summed E-state index contributed by atoms with van der Waals surface area (Å²) in [6.07, 6.45) is 2.67. The molecule has 0 spiro atoms. The molecule has 2 aromatic carbocycles. The van der Waals surface area contributed by atoms with Gasteiger partial charge in [-0.1, -0.05) is 24.3 Å². The Kier molecular flexibility index (Phi) is 3.90. The molecule has 0 bridgehead atoms. The van der Waals surface area contributed by atoms with Crippen molar-refractivity contribution < 1.29 is 9.13 Å². The third-order valence-electron chi connectivity index (χ3n) is 3.72. The highest BCUT2D eigenvalue weighted by Gasteiger charge is 2.23. The summed E-state index contributed by atoms with van der Waals surface area (Å²) >= 11 is 0. The number of nitrogens with one attached hydrogen (secondary N) is 1. The molecule has 1 saturated carbocycles. The van der Waals surface area contributed by atoms with Crippen LogP contribution in [0.4, 0.5) is 4.39 Å². The first-order valence-corrected chi connectivity index (χ1v) is 7.16. The van der Waals surface area contributed by atoms with Gasteiger partial charge in [0.1, 0.15) is 11.6 Å². The molecule has 0 amide bonds. The Balaban J connectivity index is 1.82. The minimum atomic E-state index is -0.206. The minimum absolute atomic E-state index is 0.167. The Morgan fingerprint density at radius 2 is 1.81 bits per heavy atom. The van der Waals surface area contributed by atoms with E-state index in [2.05, 4.69) is 5.43 Å². The van der Waals surface area contributed by atoms with Crippen molar-refractivity contribution in [1.82, 2.24) is 5.43 Å². The van der Waals surface area contributed by atoms with Crippen LogP contribution in [-0.2, 0) is 0 Å². The normalized spacial score (nSPS) is 15.8. The lowest BCUT2D eigenvalue weighted by atomic mass is 9.97. The van der Waals surface area contributed by atoms with Crippen LogP contribution in [0.1, 0.15) is 35.6 Å². The zero-order valence-electron chi connectivity index (χ0n) is 12.0. The fraction of sp³-hybridized carbons (Fsp3) is 0.294. The lowest BCUT2D eigenvalue weighted by Crippen LogP contribution is -2.28. The Morgan fingerprint density at radius 3 is 2.38 bits per heavy atom. The van der Waals surface area contributed by atoms with Gasteiger partial charge in [-0.3, -0.25) is 5.84 Å². The topological polar surface area (TPSA) is 47.3 Å². The van der Waals surface area contributed by atoms with E-state index < -0.39 is 0 Å². The molecule has 0 aromatic heterocycles. The summed E-state index contributed by atoms with van der Waals surface area (Å²) in [4.78, 5) is 0. The number of aryl methyl sites for hydroxylation is 1. The summed E-state index contributed by atoms with van der Waals surface area (Å²) in [5.74, 6) is 6.35. The maximum atomic E-state index is 13.4. The second-order valence-corrected chi connectivity index (χ2v) is 5.49. The van der Waals surface area contributed by atoms with Gasteiger partial charge in [-0.15, -0.1) is 0 Å². The van der Waals surface area contributed by atoms with Gasteiger partial charge < -0.3 is 4.74 Å². The Morgan fingerprint density at radius 1 is 1.14 bits per heavy atom. The molecule has 4 heteroatoms. The lowest BCUT2D eigenvalue weighted by Gasteiger charge is -2.18. The number of rotatable bonds is 5. The van der Waals surface area contributed by atoms with Crippen molar-refractivity contribution in [2.45, 2.75) is 31.9 Å². The average Bonchev–Trinajstić information content (AvgIpc) is 3.29. The van der Waals surface area contributed by atoms with Gasteiger partial charge in [0.05, 0.1) is 12.1 Å². The van der Waals surface area contributed by atoms with Crippen LogP contribution >= 0.6 is 0 Å². The number of hydrogen-bond donors (Lipinski definition) is 2. The standard InChI is InChI=1S/C17H19FN2O/c1-11-10-13(4-9-16(11)18)17(20-19)12-2-5-14(6-3-12)21-15-7-8-15/h2-6,9-10,15,17,20H,7-8,19H2,1H3. The van der Waals surface area contributed by atoms with Crippen molar-refractivity contribution in [1.29, 1.82) is 0 Å². The fourth-order valence-corrected chi connectivity index (χ4v) is 2.35. The van der Waals surface area contributed by atoms with Crippen molar-refractivity contribution in [2.75, 3.05) is 0 Å². The molecule has 1 fully saturated rings. The summed E-state index contributed by atoms with van der Waals surface area (Å²) in [5, 5.41) is 0. The van der Waals surface area contributed by atoms with Crippen molar-refractivity contribution in [3.63, 3.8) is 0 Å². The Labute approximate surface area is 123 Å². The molecule has 0 radical (unpaired) electrons. The van der Waals surface area contributed by atoms with Crippen LogP contribution in [0.3, 0.4) is 0 Å². The van der Waals surface area contributed by atoms with E-state index in [4.69, 9.17) is 10.6 Å². The quantitative estimate of drug-likeness (QED) is 0.655. The van der Waals surface area contributed by atoms with Gasteiger partial charge in [0.2, 0.25) is 0 Å². The highest BCUT2D eigenvalue weighted by atomic mass is 19.1. The van der Waals surface area contributed by atoms with Gasteiger partial charge in [-0.05, 0) is 54.7 Å². The third-order valence-corrected chi connectivity index (χ3v) is 3.72. The van der Waals surface area contributed by atoms with Crippen LogP contribution < -0.4 is 16.0 Å². The Bertz CT molecular complexity index is 623. The predicted octanol–water partition coefficient (Wildman–Crippen LogP) is 3.23. The van der Waals surface area contributed by atoms with Crippen molar-refractivity contribution in [3.8, 4) is 5.75 Å². The molecular formula is C17H19FN2O. The molecule has 21 heavy (non-hydrogen) atoms. The molecule has 3 N–H and O–H groups in total. The van der Waals surface area contributed by atoms with E-state index in [1.165, 1.54) is 6.07 Å². The number of ether oxygens (including phenoxy) is 1. The van der Waals surface area contributed by atoms with E-state index in [1.807, 2.05) is 30.3 Å². The van der Waals surface area contributed by atoms with E-state index in [0.717, 1.165) is 29.7 Å². The maximum absolute atomic E-state index is 13.4. The molecule has 2 aromatic rings. The summed E-state index contributed by atoms with van der Waals surface area (Å²) < 4.78 is 19.1. The first-order valence-electron chi connectivity index (χ1n) is 7.16. The van der Waals surface area contributed by atoms with Gasteiger partial charge in [0.15, 0.2) is 0 Å². The van der Waals surface area contributed by atoms with Gasteiger partial charge in [-0.25, -0.2) is 9.82 Å². The van der Waals surface area contributed by atoms with Crippen LogP contribution in [0.15, 0.2) is 42.5 Å². The second kappa shape index (κ2) is 5.84. The fourth-order valence-electron chi connectivity index (χ4n) is 2.35. The molecule has 3 rings (SSSR count). The summed E-state index contributed by atoms with van der Waals surface area (Å²) in [6.45, 7) is 1.75. The largest absolute Gasteiger partial charge is 0.490 e. The molecule has 1 aliphatic carbocycles. The maximum Gasteiger partial charge on any atom is 0.126 e. The van der Waals surface area contributed by atoms with Crippen LogP contribution in [0.5, 0.6) is 5.75 Å². The molecule has 0 saturated heterocycles. The highest BCUT2D eigenvalue weighted by molar-refractivity contribution is 5.37. The lowest BCUT2D eigenvalue weighted by molar-refractivity contribution is 0.303. The van der Waals surface area contributed by atoms with Crippen LogP contribution in [-0.4, -0.2) is 6.10 Å². The first kappa shape index (κ1) is 14.0. The Hall–Kier alpha value is -1.91. The number of benzene rings is 2. The smallest absolute Gasteiger partial charge is 0.126 e. The number of hydrazine groups is 1. The summed E-state index contributed by atoms with van der Waals surface area (Å²) in [7, 11) is 0. The minimum Gasteiger partial charge on any atom is -0.490 e. The monoisotopic (exact) mass is 286 g/mol. The zero-order valence-corrected chi connectivity index (χ0v) is 12.0. The van der Waals surface area contributed by atoms with Gasteiger partial charge in [0, 0.05) is 0 Å². The van der Waals surface area contributed by atoms with Crippen LogP contribution in [0.2, 0.25) is 0 Å². The van der Waals surface area contributed by atoms with Crippen LogP contribution in [0.25, 0.3) is 0 Å². The molecule has 1 aliphatic rings. The van der Waals surface area contributed by atoms with E-state index in [0.29, 0.717) is 11.7 Å². The number of hydrogen-bond acceptors (Lipinski definition) is 3. The predicted molar refractivity (Wildman–Crippen MR) is 80.4 cm³/mol. The third kappa shape index (κ3) is 3.23. The molecule has 1 unspecified atom stereocenters. The van der Waals surface area contributed by atoms with E-state index in [1.54, 1.807) is 13.0 Å². The second-order valence-electron chi connectivity index (χ2n) is 5.49.